The van der Waals surface area contributed by atoms with Crippen LogP contribution in [0, 0.1) is 17.8 Å². The van der Waals surface area contributed by atoms with E-state index in [9.17, 15) is 0 Å². The van der Waals surface area contributed by atoms with Gasteiger partial charge in [0.2, 0.25) is 0 Å². The maximum atomic E-state index is 6.19. The Bertz CT molecular complexity index is 191. The Morgan fingerprint density at radius 3 is 2.43 bits per heavy atom. The van der Waals surface area contributed by atoms with Crippen molar-refractivity contribution in [3.8, 4) is 11.8 Å². The zero-order valence-corrected chi connectivity index (χ0v) is 9.39. The molecule has 0 bridgehead atoms. The van der Waals surface area contributed by atoms with Gasteiger partial charge in [0.25, 0.3) is 0 Å². The van der Waals surface area contributed by atoms with Gasteiger partial charge < -0.3 is 5.73 Å². The highest BCUT2D eigenvalue weighted by molar-refractivity contribution is 4.95. The highest BCUT2D eigenvalue weighted by atomic mass is 14.6. The Hall–Kier alpha value is -0.480. The second kappa shape index (κ2) is 6.90. The minimum atomic E-state index is 0.397. The van der Waals surface area contributed by atoms with E-state index in [1.807, 2.05) is 6.92 Å². The molecule has 0 saturated heterocycles. The van der Waals surface area contributed by atoms with Crippen molar-refractivity contribution in [2.24, 2.45) is 11.7 Å². The highest BCUT2D eigenvalue weighted by Gasteiger charge is 2.18. The first kappa shape index (κ1) is 11.6. The average molecular weight is 193 g/mol. The predicted octanol–water partition coefficient (Wildman–Crippen LogP) is 3.09. The molecule has 0 aliphatic heterocycles. The molecule has 1 fully saturated rings. The fraction of sp³-hybridized carbons (Fsp3) is 0.846. The van der Waals surface area contributed by atoms with Crippen LogP contribution in [0.25, 0.3) is 0 Å². The van der Waals surface area contributed by atoms with Crippen LogP contribution >= 0.6 is 0 Å². The van der Waals surface area contributed by atoms with E-state index >= 15 is 0 Å². The minimum Gasteiger partial charge on any atom is -0.327 e. The summed E-state index contributed by atoms with van der Waals surface area (Å²) < 4.78 is 0. The molecule has 1 unspecified atom stereocenters. The first-order valence-corrected chi connectivity index (χ1v) is 5.99. The molecule has 2 N–H and O–H groups in total. The van der Waals surface area contributed by atoms with E-state index in [1.54, 1.807) is 0 Å². The van der Waals surface area contributed by atoms with Crippen molar-refractivity contribution in [3.63, 3.8) is 0 Å². The molecule has 0 spiro atoms. The highest BCUT2D eigenvalue weighted by Crippen LogP contribution is 2.26. The predicted molar refractivity (Wildman–Crippen MR) is 61.9 cm³/mol. The maximum absolute atomic E-state index is 6.19. The third-order valence-corrected chi connectivity index (χ3v) is 3.28. The molecular formula is C13H23N. The van der Waals surface area contributed by atoms with E-state index in [0.717, 1.165) is 18.8 Å². The molecule has 0 heterocycles. The number of hydrogen-bond acceptors (Lipinski definition) is 1. The molecule has 1 saturated carbocycles. The van der Waals surface area contributed by atoms with Gasteiger partial charge in [-0.3, -0.25) is 0 Å². The van der Waals surface area contributed by atoms with Crippen molar-refractivity contribution in [1.82, 2.24) is 0 Å². The van der Waals surface area contributed by atoms with Gasteiger partial charge in [-0.2, -0.15) is 0 Å². The number of hydrogen-bond donors (Lipinski definition) is 1. The molecule has 0 aromatic carbocycles. The molecule has 1 heteroatoms. The van der Waals surface area contributed by atoms with Crippen molar-refractivity contribution in [2.75, 3.05) is 0 Å². The molecule has 0 aromatic heterocycles. The third-order valence-electron chi connectivity index (χ3n) is 3.28. The van der Waals surface area contributed by atoms with Crippen LogP contribution in [-0.2, 0) is 0 Å². The lowest BCUT2D eigenvalue weighted by molar-refractivity contribution is 0.361. The van der Waals surface area contributed by atoms with Gasteiger partial charge in [-0.05, 0) is 32.1 Å². The largest absolute Gasteiger partial charge is 0.327 e. The normalized spacial score (nSPS) is 20.7. The topological polar surface area (TPSA) is 26.0 Å². The summed E-state index contributed by atoms with van der Waals surface area (Å²) in [6, 6.07) is 0.397. The standard InChI is InChI=1S/C13H23N/c1-2-3-6-11-13(14)12-9-7-4-5-8-10-12/h12-13H,4-11,14H2,1H3. The second-order valence-electron chi connectivity index (χ2n) is 4.38. The maximum Gasteiger partial charge on any atom is 0.0103 e. The first-order valence-electron chi connectivity index (χ1n) is 5.99. The molecule has 0 amide bonds. The van der Waals surface area contributed by atoms with E-state index in [2.05, 4.69) is 11.8 Å². The van der Waals surface area contributed by atoms with Gasteiger partial charge in [0.15, 0.2) is 0 Å². The van der Waals surface area contributed by atoms with Gasteiger partial charge >= 0.3 is 0 Å². The number of rotatable bonds is 3. The Labute approximate surface area is 88.5 Å². The van der Waals surface area contributed by atoms with Gasteiger partial charge in [0.1, 0.15) is 0 Å². The summed E-state index contributed by atoms with van der Waals surface area (Å²) in [7, 11) is 0. The van der Waals surface area contributed by atoms with Crippen LogP contribution in [0.15, 0.2) is 0 Å². The summed E-state index contributed by atoms with van der Waals surface area (Å²) in [4.78, 5) is 0. The first-order chi connectivity index (χ1) is 6.84. The van der Waals surface area contributed by atoms with Crippen LogP contribution in [0.2, 0.25) is 0 Å². The lowest BCUT2D eigenvalue weighted by Gasteiger charge is -2.21. The van der Waals surface area contributed by atoms with Crippen LogP contribution in [-0.4, -0.2) is 6.04 Å². The van der Waals surface area contributed by atoms with E-state index in [1.165, 1.54) is 38.5 Å². The molecule has 1 aliphatic carbocycles. The number of nitrogens with two attached hydrogens (primary N) is 1. The fourth-order valence-electron chi connectivity index (χ4n) is 2.34. The van der Waals surface area contributed by atoms with Crippen molar-refractivity contribution in [3.05, 3.63) is 0 Å². The van der Waals surface area contributed by atoms with Gasteiger partial charge in [0.05, 0.1) is 0 Å². The molecule has 0 radical (unpaired) electrons. The molecule has 0 aromatic rings. The van der Waals surface area contributed by atoms with Crippen molar-refractivity contribution >= 4 is 0 Å². The fourth-order valence-corrected chi connectivity index (χ4v) is 2.34. The summed E-state index contributed by atoms with van der Waals surface area (Å²) in [5.41, 5.74) is 6.19. The Morgan fingerprint density at radius 1 is 1.21 bits per heavy atom. The van der Waals surface area contributed by atoms with Gasteiger partial charge in [-0.1, -0.05) is 25.7 Å². The Kier molecular flexibility index (Phi) is 5.71. The van der Waals surface area contributed by atoms with Crippen molar-refractivity contribution in [1.29, 1.82) is 0 Å². The molecule has 1 atom stereocenters. The summed E-state index contributed by atoms with van der Waals surface area (Å²) >= 11 is 0. The van der Waals surface area contributed by atoms with Crippen LogP contribution in [0.5, 0.6) is 0 Å². The molecule has 14 heavy (non-hydrogen) atoms. The summed E-state index contributed by atoms with van der Waals surface area (Å²) in [5.74, 6) is 6.81. The van der Waals surface area contributed by atoms with E-state index in [4.69, 9.17) is 5.73 Å². The monoisotopic (exact) mass is 193 g/mol. The molecule has 1 nitrogen and oxygen atoms in total. The van der Waals surface area contributed by atoms with Crippen LogP contribution in [0.4, 0.5) is 0 Å². The van der Waals surface area contributed by atoms with Crippen LogP contribution < -0.4 is 5.73 Å². The second-order valence-corrected chi connectivity index (χ2v) is 4.38. The van der Waals surface area contributed by atoms with Crippen LogP contribution in [0.3, 0.4) is 0 Å². The third kappa shape index (κ3) is 4.15. The average Bonchev–Trinajstić information content (AvgIpc) is 2.46. The van der Waals surface area contributed by atoms with E-state index in [-0.39, 0.29) is 0 Å². The molecular weight excluding hydrogens is 170 g/mol. The summed E-state index contributed by atoms with van der Waals surface area (Å²) in [5, 5.41) is 0. The zero-order valence-electron chi connectivity index (χ0n) is 9.39. The molecule has 80 valence electrons. The van der Waals surface area contributed by atoms with Crippen molar-refractivity contribution in [2.45, 2.75) is 64.3 Å². The smallest absolute Gasteiger partial charge is 0.0103 e. The summed E-state index contributed by atoms with van der Waals surface area (Å²) in [6.07, 6.45) is 10.4. The van der Waals surface area contributed by atoms with E-state index in [0.29, 0.717) is 6.04 Å². The zero-order chi connectivity index (χ0) is 10.2. The van der Waals surface area contributed by atoms with Gasteiger partial charge in [-0.15, -0.1) is 11.8 Å². The van der Waals surface area contributed by atoms with Crippen LogP contribution in [0.1, 0.15) is 58.3 Å². The molecule has 1 rings (SSSR count). The Morgan fingerprint density at radius 2 is 1.86 bits per heavy atom. The van der Waals surface area contributed by atoms with Crippen molar-refractivity contribution < 1.29 is 0 Å². The SMILES string of the molecule is CC#CCCC(N)C1CCCCCC1. The minimum absolute atomic E-state index is 0.397. The Balaban J connectivity index is 2.25. The quantitative estimate of drug-likeness (QED) is 0.541. The van der Waals surface area contributed by atoms with E-state index < -0.39 is 0 Å². The lowest BCUT2D eigenvalue weighted by atomic mass is 9.90. The lowest BCUT2D eigenvalue weighted by Crippen LogP contribution is -2.29. The van der Waals surface area contributed by atoms with Gasteiger partial charge in [-0.25, -0.2) is 0 Å². The molecule has 1 aliphatic rings. The van der Waals surface area contributed by atoms with Gasteiger partial charge in [0, 0.05) is 12.5 Å². The summed E-state index contributed by atoms with van der Waals surface area (Å²) in [6.45, 7) is 1.90.